The van der Waals surface area contributed by atoms with E-state index in [1.807, 2.05) is 4.31 Å². The summed E-state index contributed by atoms with van der Waals surface area (Å²) in [4.78, 5) is 0. The predicted octanol–water partition coefficient (Wildman–Crippen LogP) is 0.966. The van der Waals surface area contributed by atoms with Gasteiger partial charge in [-0.05, 0) is 6.42 Å². The highest BCUT2D eigenvalue weighted by atomic mass is 32.3. The Morgan fingerprint density at radius 2 is 2.25 bits per heavy atom. The van der Waals surface area contributed by atoms with Gasteiger partial charge in [-0.15, -0.1) is 10.8 Å². The summed E-state index contributed by atoms with van der Waals surface area (Å²) in [5, 5.41) is 3.24. The maximum absolute atomic E-state index is 9.48. The van der Waals surface area contributed by atoms with Crippen LogP contribution in [0.4, 0.5) is 0 Å². The number of hydrogen-bond donors (Lipinski definition) is 3. The fourth-order valence-corrected chi connectivity index (χ4v) is 2.77. The van der Waals surface area contributed by atoms with Crippen LogP contribution in [-0.4, -0.2) is 45.3 Å². The lowest BCUT2D eigenvalue weighted by Crippen LogP contribution is -2.51. The molecule has 0 aromatic heterocycles. The molecule has 1 atom stereocenters. The maximum Gasteiger partial charge on any atom is 0.0418 e. The van der Waals surface area contributed by atoms with Crippen LogP contribution in [0.2, 0.25) is 0 Å². The molecule has 1 saturated heterocycles. The first-order valence-corrected chi connectivity index (χ1v) is 6.17. The van der Waals surface area contributed by atoms with Gasteiger partial charge < -0.3 is 5.32 Å². The van der Waals surface area contributed by atoms with Crippen LogP contribution < -0.4 is 5.32 Å². The molecule has 0 saturated carbocycles. The van der Waals surface area contributed by atoms with E-state index < -0.39 is 10.8 Å². The molecule has 4 nitrogen and oxygen atoms in total. The second-order valence-corrected chi connectivity index (χ2v) is 5.25. The van der Waals surface area contributed by atoms with Crippen molar-refractivity contribution in [3.05, 3.63) is 0 Å². The van der Waals surface area contributed by atoms with E-state index in [0.717, 1.165) is 26.1 Å². The van der Waals surface area contributed by atoms with Crippen LogP contribution in [0.3, 0.4) is 0 Å². The minimum absolute atomic E-state index is 0.272. The van der Waals surface area contributed by atoms with Crippen LogP contribution in [0.1, 0.15) is 13.3 Å². The summed E-state index contributed by atoms with van der Waals surface area (Å²) in [6, 6.07) is 0.272. The summed E-state index contributed by atoms with van der Waals surface area (Å²) in [6.07, 6.45) is 2.46. The summed E-state index contributed by atoms with van der Waals surface area (Å²) in [5.41, 5.74) is 0. The lowest BCUT2D eigenvalue weighted by molar-refractivity contribution is 0.238. The minimum atomic E-state index is -2.49. The van der Waals surface area contributed by atoms with Gasteiger partial charge in [-0.2, -0.15) is 0 Å². The average Bonchev–Trinajstić information content (AvgIpc) is 2.03. The minimum Gasteiger partial charge on any atom is -0.314 e. The van der Waals surface area contributed by atoms with Crippen molar-refractivity contribution in [2.45, 2.75) is 19.4 Å². The topological polar surface area (TPSA) is 55.7 Å². The van der Waals surface area contributed by atoms with Crippen molar-refractivity contribution in [1.29, 1.82) is 0 Å². The summed E-state index contributed by atoms with van der Waals surface area (Å²) in [6.45, 7) is 4.51. The van der Waals surface area contributed by atoms with E-state index in [2.05, 4.69) is 12.2 Å². The van der Waals surface area contributed by atoms with E-state index in [-0.39, 0.29) is 6.04 Å². The first-order chi connectivity index (χ1) is 5.55. The van der Waals surface area contributed by atoms with E-state index in [0.29, 0.717) is 0 Å². The van der Waals surface area contributed by atoms with Crippen LogP contribution in [0.25, 0.3) is 0 Å². The lowest BCUT2D eigenvalue weighted by Gasteiger charge is -2.46. The van der Waals surface area contributed by atoms with Crippen molar-refractivity contribution < 1.29 is 9.11 Å². The molecule has 0 spiro atoms. The average molecular weight is 194 g/mol. The van der Waals surface area contributed by atoms with Crippen LogP contribution in [0.5, 0.6) is 0 Å². The Morgan fingerprint density at radius 1 is 1.58 bits per heavy atom. The van der Waals surface area contributed by atoms with Gasteiger partial charge in [0.2, 0.25) is 0 Å². The van der Waals surface area contributed by atoms with E-state index in [1.54, 1.807) is 0 Å². The Labute approximate surface area is 75.4 Å². The smallest absolute Gasteiger partial charge is 0.0418 e. The highest BCUT2D eigenvalue weighted by molar-refractivity contribution is 8.21. The van der Waals surface area contributed by atoms with Gasteiger partial charge in [0.1, 0.15) is 0 Å². The Hall–Kier alpha value is 0.190. The Kier molecular flexibility index (Phi) is 3.37. The van der Waals surface area contributed by atoms with Crippen molar-refractivity contribution in [3.63, 3.8) is 0 Å². The Morgan fingerprint density at radius 3 is 2.67 bits per heavy atom. The molecule has 1 aliphatic heterocycles. The molecule has 0 amide bonds. The number of nitrogens with zero attached hydrogens (tertiary/aromatic N) is 1. The molecule has 0 bridgehead atoms. The largest absolute Gasteiger partial charge is 0.314 e. The first kappa shape index (κ1) is 10.3. The van der Waals surface area contributed by atoms with Crippen LogP contribution >= 0.6 is 10.8 Å². The molecular formula is C7H18N2O2S. The standard InChI is InChI=1S/C7H18N2O2S/c1-3-7-6-8-4-5-9(7)12(2,10)11/h7-8,10-11H,3-6H2,1-2H3. The van der Waals surface area contributed by atoms with Gasteiger partial charge in [-0.25, -0.2) is 4.31 Å². The Bertz CT molecular complexity index is 149. The molecule has 1 heterocycles. The quantitative estimate of drug-likeness (QED) is 0.613. The first-order valence-electron chi connectivity index (χ1n) is 4.26. The van der Waals surface area contributed by atoms with E-state index in [1.165, 1.54) is 6.26 Å². The van der Waals surface area contributed by atoms with Crippen molar-refractivity contribution in [1.82, 2.24) is 9.62 Å². The molecule has 74 valence electrons. The number of hydrogen-bond acceptors (Lipinski definition) is 4. The van der Waals surface area contributed by atoms with Gasteiger partial charge in [-0.3, -0.25) is 9.11 Å². The number of nitrogens with one attached hydrogen (secondary N) is 1. The predicted molar refractivity (Wildman–Crippen MR) is 52.4 cm³/mol. The highest BCUT2D eigenvalue weighted by Crippen LogP contribution is 2.41. The zero-order valence-electron chi connectivity index (χ0n) is 7.66. The van der Waals surface area contributed by atoms with Crippen molar-refractivity contribution in [2.75, 3.05) is 25.9 Å². The molecule has 1 fully saturated rings. The second kappa shape index (κ2) is 3.93. The lowest BCUT2D eigenvalue weighted by atomic mass is 10.2. The molecule has 1 rings (SSSR count). The van der Waals surface area contributed by atoms with Gasteiger partial charge in [0, 0.05) is 31.9 Å². The summed E-state index contributed by atoms with van der Waals surface area (Å²) >= 11 is 0. The molecule has 0 aromatic rings. The molecule has 3 N–H and O–H groups in total. The molecule has 1 aliphatic rings. The van der Waals surface area contributed by atoms with Gasteiger partial charge in [-0.1, -0.05) is 6.92 Å². The van der Waals surface area contributed by atoms with E-state index >= 15 is 0 Å². The van der Waals surface area contributed by atoms with E-state index in [9.17, 15) is 9.11 Å². The summed E-state index contributed by atoms with van der Waals surface area (Å²) in [5.74, 6) is 0. The van der Waals surface area contributed by atoms with Crippen LogP contribution in [0.15, 0.2) is 0 Å². The van der Waals surface area contributed by atoms with Crippen LogP contribution in [-0.2, 0) is 0 Å². The fourth-order valence-electron chi connectivity index (χ4n) is 1.55. The van der Waals surface area contributed by atoms with Gasteiger partial charge in [0.25, 0.3) is 0 Å². The number of piperazine rings is 1. The molecule has 1 unspecified atom stereocenters. The zero-order chi connectivity index (χ0) is 9.19. The van der Waals surface area contributed by atoms with Gasteiger partial charge in [0.05, 0.1) is 0 Å². The molecule has 5 heteroatoms. The second-order valence-electron chi connectivity index (χ2n) is 3.20. The zero-order valence-corrected chi connectivity index (χ0v) is 8.47. The monoisotopic (exact) mass is 194 g/mol. The molecule has 0 aliphatic carbocycles. The molecule has 0 radical (unpaired) electrons. The van der Waals surface area contributed by atoms with Gasteiger partial charge >= 0.3 is 0 Å². The third-order valence-corrected chi connectivity index (χ3v) is 3.58. The number of rotatable bonds is 2. The third kappa shape index (κ3) is 2.34. The molecule has 0 aromatic carbocycles. The summed E-state index contributed by atoms with van der Waals surface area (Å²) in [7, 11) is -2.49. The van der Waals surface area contributed by atoms with Crippen LogP contribution in [0, 0.1) is 0 Å². The SMILES string of the molecule is CCC1CNCCN1S(C)(O)O. The fraction of sp³-hybridized carbons (Fsp3) is 1.00. The molecule has 12 heavy (non-hydrogen) atoms. The van der Waals surface area contributed by atoms with E-state index in [4.69, 9.17) is 0 Å². The summed E-state index contributed by atoms with van der Waals surface area (Å²) < 4.78 is 20.8. The third-order valence-electron chi connectivity index (χ3n) is 2.21. The maximum atomic E-state index is 9.48. The van der Waals surface area contributed by atoms with Crippen molar-refractivity contribution >= 4 is 10.8 Å². The normalized spacial score (nSPS) is 28.8. The van der Waals surface area contributed by atoms with Gasteiger partial charge in [0.15, 0.2) is 0 Å². The van der Waals surface area contributed by atoms with Crippen molar-refractivity contribution in [3.8, 4) is 0 Å². The van der Waals surface area contributed by atoms with Crippen molar-refractivity contribution in [2.24, 2.45) is 0 Å². The Balaban J connectivity index is 2.59. The molecular weight excluding hydrogens is 176 g/mol. The highest BCUT2D eigenvalue weighted by Gasteiger charge is 2.27.